The molecule has 3 rings (SSSR count). The van der Waals surface area contributed by atoms with Crippen LogP contribution in [0.15, 0.2) is 51.9 Å². The van der Waals surface area contributed by atoms with Crippen LogP contribution in [0, 0.1) is 11.6 Å². The number of halogens is 5. The minimum atomic E-state index is -4.80. The molecule has 0 saturated carbocycles. The van der Waals surface area contributed by atoms with Crippen LogP contribution in [0.1, 0.15) is 16.2 Å². The van der Waals surface area contributed by atoms with Crippen LogP contribution < -0.4 is 4.72 Å². The third-order valence-electron chi connectivity index (χ3n) is 3.74. The summed E-state index contributed by atoms with van der Waals surface area (Å²) >= 11 is 0. The van der Waals surface area contributed by atoms with Crippen LogP contribution in [-0.2, 0) is 16.2 Å². The molecule has 30 heavy (non-hydrogen) atoms. The molecule has 0 saturated heterocycles. The predicted octanol–water partition coefficient (Wildman–Crippen LogP) is 3.19. The fraction of sp³-hybridized carbons (Fsp3) is 0.118. The Kier molecular flexibility index (Phi) is 5.67. The molecular weight excluding hydrogens is 437 g/mol. The Morgan fingerprint density at radius 1 is 1.07 bits per heavy atom. The second-order valence-electron chi connectivity index (χ2n) is 5.82. The van der Waals surface area contributed by atoms with E-state index in [9.17, 15) is 35.2 Å². The summed E-state index contributed by atoms with van der Waals surface area (Å²) in [6.07, 6.45) is -4.80. The van der Waals surface area contributed by atoms with Gasteiger partial charge >= 0.3 is 12.1 Å². The van der Waals surface area contributed by atoms with E-state index in [2.05, 4.69) is 14.7 Å². The van der Waals surface area contributed by atoms with Crippen LogP contribution in [-0.4, -0.2) is 30.9 Å². The average Bonchev–Trinajstić information content (AvgIpc) is 3.17. The topological polar surface area (TPSA) is 102 Å². The van der Waals surface area contributed by atoms with E-state index in [4.69, 9.17) is 0 Å². The maximum Gasteiger partial charge on any atom is 0.471 e. The molecule has 1 heterocycles. The average molecular weight is 447 g/mol. The molecule has 7 nitrogen and oxygen atoms in total. The lowest BCUT2D eigenvalue weighted by Gasteiger charge is -2.07. The van der Waals surface area contributed by atoms with Crippen molar-refractivity contribution in [1.29, 1.82) is 0 Å². The van der Waals surface area contributed by atoms with Gasteiger partial charge in [0.15, 0.2) is 5.78 Å². The number of aromatic nitrogens is 2. The van der Waals surface area contributed by atoms with Gasteiger partial charge in [0.05, 0.1) is 6.54 Å². The molecule has 0 aliphatic rings. The van der Waals surface area contributed by atoms with Gasteiger partial charge < -0.3 is 4.52 Å². The predicted molar refractivity (Wildman–Crippen MR) is 90.6 cm³/mol. The summed E-state index contributed by atoms with van der Waals surface area (Å²) in [5.74, 6) is -4.88. The number of ketones is 1. The van der Waals surface area contributed by atoms with E-state index in [0.717, 1.165) is 6.07 Å². The fourth-order valence-corrected chi connectivity index (χ4v) is 3.33. The zero-order valence-electron chi connectivity index (χ0n) is 14.6. The van der Waals surface area contributed by atoms with Crippen LogP contribution in [0.5, 0.6) is 0 Å². The molecule has 0 atom stereocenters. The van der Waals surface area contributed by atoms with Crippen molar-refractivity contribution in [2.45, 2.75) is 11.1 Å². The maximum absolute atomic E-state index is 13.6. The highest BCUT2D eigenvalue weighted by Crippen LogP contribution is 2.29. The monoisotopic (exact) mass is 447 g/mol. The Morgan fingerprint density at radius 3 is 2.30 bits per heavy atom. The molecule has 1 aromatic heterocycles. The lowest BCUT2D eigenvalue weighted by Crippen LogP contribution is -2.30. The summed E-state index contributed by atoms with van der Waals surface area (Å²) in [6, 6.07) is 6.77. The van der Waals surface area contributed by atoms with Gasteiger partial charge in [-0.2, -0.15) is 18.2 Å². The summed E-state index contributed by atoms with van der Waals surface area (Å²) in [6.45, 7) is -0.737. The van der Waals surface area contributed by atoms with Gasteiger partial charge in [0.2, 0.25) is 15.8 Å². The van der Waals surface area contributed by atoms with Gasteiger partial charge in [0.1, 0.15) is 16.5 Å². The molecule has 0 aliphatic heterocycles. The molecule has 0 bridgehead atoms. The second-order valence-corrected chi connectivity index (χ2v) is 7.56. The Labute approximate surface area is 165 Å². The van der Waals surface area contributed by atoms with Crippen LogP contribution in [0.4, 0.5) is 22.0 Å². The van der Waals surface area contributed by atoms with Crippen molar-refractivity contribution in [3.63, 3.8) is 0 Å². The van der Waals surface area contributed by atoms with Crippen molar-refractivity contribution in [2.75, 3.05) is 6.54 Å². The first-order valence-electron chi connectivity index (χ1n) is 7.96. The molecule has 0 spiro atoms. The molecule has 3 aromatic rings. The van der Waals surface area contributed by atoms with Crippen molar-refractivity contribution >= 4 is 15.8 Å². The number of Topliss-reactive ketones (excluding diaryl/α,β-unsaturated/α-hetero) is 1. The van der Waals surface area contributed by atoms with Crippen LogP contribution in [0.25, 0.3) is 11.4 Å². The molecule has 13 heteroatoms. The molecule has 0 amide bonds. The second kappa shape index (κ2) is 7.91. The first-order valence-corrected chi connectivity index (χ1v) is 9.45. The van der Waals surface area contributed by atoms with Crippen molar-refractivity contribution in [1.82, 2.24) is 14.9 Å². The molecule has 158 valence electrons. The minimum absolute atomic E-state index is 0.0144. The van der Waals surface area contributed by atoms with Crippen LogP contribution in [0.3, 0.4) is 0 Å². The van der Waals surface area contributed by atoms with Gasteiger partial charge in [-0.15, -0.1) is 0 Å². The van der Waals surface area contributed by atoms with Crippen molar-refractivity contribution in [3.05, 3.63) is 65.6 Å². The number of rotatable bonds is 6. The Bertz CT molecular complexity index is 1190. The van der Waals surface area contributed by atoms with E-state index in [1.54, 1.807) is 0 Å². The molecule has 1 N–H and O–H groups in total. The van der Waals surface area contributed by atoms with Gasteiger partial charge in [0, 0.05) is 17.2 Å². The van der Waals surface area contributed by atoms with Crippen molar-refractivity contribution in [3.8, 4) is 11.4 Å². The van der Waals surface area contributed by atoms with Crippen LogP contribution >= 0.6 is 0 Å². The van der Waals surface area contributed by atoms with Crippen molar-refractivity contribution < 1.29 is 39.7 Å². The highest BCUT2D eigenvalue weighted by Gasteiger charge is 2.38. The normalized spacial score (nSPS) is 12.2. The number of hydrogen-bond acceptors (Lipinski definition) is 6. The summed E-state index contributed by atoms with van der Waals surface area (Å²) in [5.41, 5.74) is 0.139. The van der Waals surface area contributed by atoms with E-state index in [-0.39, 0.29) is 17.0 Å². The quantitative estimate of drug-likeness (QED) is 0.460. The highest BCUT2D eigenvalue weighted by molar-refractivity contribution is 7.89. The largest absolute Gasteiger partial charge is 0.471 e. The van der Waals surface area contributed by atoms with Gasteiger partial charge in [-0.1, -0.05) is 29.4 Å². The van der Waals surface area contributed by atoms with Crippen molar-refractivity contribution in [2.24, 2.45) is 0 Å². The molecule has 0 unspecified atom stereocenters. The number of carbonyl (C=O) groups excluding carboxylic acids is 1. The number of hydrogen-bond donors (Lipinski definition) is 1. The molecule has 0 fully saturated rings. The summed E-state index contributed by atoms with van der Waals surface area (Å²) in [5, 5.41) is 3.20. The van der Waals surface area contributed by atoms with E-state index >= 15 is 0 Å². The maximum atomic E-state index is 13.6. The van der Waals surface area contributed by atoms with Crippen LogP contribution in [0.2, 0.25) is 0 Å². The third-order valence-corrected chi connectivity index (χ3v) is 5.17. The van der Waals surface area contributed by atoms with Gasteiger partial charge in [0.25, 0.3) is 0 Å². The van der Waals surface area contributed by atoms with Gasteiger partial charge in [-0.25, -0.2) is 21.9 Å². The first kappa shape index (κ1) is 21.5. The van der Waals surface area contributed by atoms with Gasteiger partial charge in [-0.05, 0) is 12.1 Å². The standard InChI is InChI=1S/C17H10F5N3O4S/c18-11-5-6-14(12(19)7-11)30(27,28)23-8-13(26)9-1-3-10(4-2-9)15-24-16(29-25-15)17(20,21)22/h1-7,23H,8H2. The Balaban J connectivity index is 1.70. The third kappa shape index (κ3) is 4.68. The molecule has 0 radical (unpaired) electrons. The van der Waals surface area contributed by atoms with Gasteiger partial charge in [-0.3, -0.25) is 4.79 Å². The number of carbonyl (C=O) groups is 1. The first-order chi connectivity index (χ1) is 14.0. The Morgan fingerprint density at radius 2 is 1.73 bits per heavy atom. The van der Waals surface area contributed by atoms with E-state index in [1.807, 2.05) is 4.72 Å². The lowest BCUT2D eigenvalue weighted by atomic mass is 10.1. The van der Waals surface area contributed by atoms with E-state index < -0.39 is 50.9 Å². The van der Waals surface area contributed by atoms with E-state index in [0.29, 0.717) is 12.1 Å². The summed E-state index contributed by atoms with van der Waals surface area (Å²) in [4.78, 5) is 14.5. The number of alkyl halides is 3. The number of sulfonamides is 1. The molecular formula is C17H10F5N3O4S. The highest BCUT2D eigenvalue weighted by atomic mass is 32.2. The summed E-state index contributed by atoms with van der Waals surface area (Å²) in [7, 11) is -4.42. The number of benzene rings is 2. The fourth-order valence-electron chi connectivity index (χ4n) is 2.29. The minimum Gasteiger partial charge on any atom is -0.329 e. The molecule has 0 aliphatic carbocycles. The zero-order valence-corrected chi connectivity index (χ0v) is 15.4. The lowest BCUT2D eigenvalue weighted by molar-refractivity contribution is -0.159. The smallest absolute Gasteiger partial charge is 0.329 e. The Hall–Kier alpha value is -3.19. The number of nitrogens with one attached hydrogen (secondary N) is 1. The summed E-state index contributed by atoms with van der Waals surface area (Å²) < 4.78 is 94.2. The van der Waals surface area contributed by atoms with E-state index in [1.165, 1.54) is 24.3 Å². The number of nitrogens with zero attached hydrogens (tertiary/aromatic N) is 2. The SMILES string of the molecule is O=C(CNS(=O)(=O)c1ccc(F)cc1F)c1ccc(-c2noc(C(F)(F)F)n2)cc1. The molecule has 2 aromatic carbocycles. The zero-order chi connectivity index (χ0) is 22.1.